The summed E-state index contributed by atoms with van der Waals surface area (Å²) in [5, 5.41) is 10.2. The molecule has 9 heterocycles. The summed E-state index contributed by atoms with van der Waals surface area (Å²) in [6.45, 7) is 11.6. The number of para-hydroxylation sites is 2. The van der Waals surface area contributed by atoms with Gasteiger partial charge in [-0.15, -0.1) is 0 Å². The topological polar surface area (TPSA) is 154 Å². The average molecular weight is 1940 g/mol. The number of Topliss-reactive ketones (excluding diaryl/α,β-unsaturated/α-hetero) is 2. The van der Waals surface area contributed by atoms with Gasteiger partial charge in [-0.25, -0.2) is 0 Å². The molecule has 9 fully saturated rings. The van der Waals surface area contributed by atoms with Crippen LogP contribution in [0.3, 0.4) is 0 Å². The molecule has 17 nitrogen and oxygen atoms in total. The fraction of sp³-hybridized carbons (Fsp3) is 0.616. The molecule has 0 atom stereocenters. The predicted octanol–water partition coefficient (Wildman–Crippen LogP) is 21.9. The van der Waals surface area contributed by atoms with Crippen LogP contribution in [0, 0.1) is 0 Å². The summed E-state index contributed by atoms with van der Waals surface area (Å²) in [7, 11) is 8.53. The largest absolute Gasteiger partial charge is 0.385 e. The Kier molecular flexibility index (Phi) is 36.6. The number of fused-ring (bicyclic) bond motifs is 6. The summed E-state index contributed by atoms with van der Waals surface area (Å²) in [6.07, 6.45) is 40.9. The van der Waals surface area contributed by atoms with E-state index in [-0.39, 0.29) is 24.8 Å². The van der Waals surface area contributed by atoms with E-state index in [1.165, 1.54) is 266 Å². The SMILES string of the molecule is Brc1ccc2c(c1)CCCN2C1CCC2(CC1)OCCO2.C.CNC1CCC(N2CCCc3cc(Br)ccc32)CC1.CNC1CCC(N2CCCc3cc(Br)ccc32)CC1.O=C1CCC(N2CCCc3cc(Br)ccc32)CC1.O=C1CCC2(CC1)OCCO2.[B]=NS.c1ccc2c(c1)CCCN2.c1ccc2c(c1)CCCN2C1CCC2(CC1)OCCO2. The molecular formula is C99H137BBr4N9O8S. The summed E-state index contributed by atoms with van der Waals surface area (Å²) in [4.78, 5) is 35.4. The summed E-state index contributed by atoms with van der Waals surface area (Å²) in [5.41, 5.74) is 17.6. The van der Waals surface area contributed by atoms with E-state index >= 15 is 0 Å². The number of ketones is 2. The van der Waals surface area contributed by atoms with Gasteiger partial charge in [0.2, 0.25) is 0 Å². The smallest absolute Gasteiger partial charge is 0.168 e. The molecule has 0 amide bonds. The Morgan fingerprint density at radius 3 is 1.00 bits per heavy atom. The summed E-state index contributed by atoms with van der Waals surface area (Å²) < 4.78 is 41.8. The van der Waals surface area contributed by atoms with Crippen molar-refractivity contribution in [1.29, 1.82) is 0 Å². The molecule has 0 bridgehead atoms. The Balaban J connectivity index is 0.000000123. The van der Waals surface area contributed by atoms with Crippen LogP contribution in [-0.4, -0.2) is 172 Å². The molecule has 23 heteroatoms. The van der Waals surface area contributed by atoms with Gasteiger partial charge < -0.3 is 68.9 Å². The third kappa shape index (κ3) is 25.4. The van der Waals surface area contributed by atoms with Crippen LogP contribution in [0.2, 0.25) is 0 Å². The molecule has 663 valence electrons. The minimum Gasteiger partial charge on any atom is -0.385 e. The van der Waals surface area contributed by atoms with E-state index in [2.05, 4.69) is 264 Å². The molecular weight excluding hydrogens is 1810 g/mol. The fourth-order valence-corrected chi connectivity index (χ4v) is 23.4. The molecule has 21 rings (SSSR count). The van der Waals surface area contributed by atoms with Crippen molar-refractivity contribution in [2.24, 2.45) is 4.30 Å². The van der Waals surface area contributed by atoms with Crippen LogP contribution in [-0.2, 0) is 76.5 Å². The number of thiol groups is 1. The average Bonchev–Trinajstić information content (AvgIpc) is 1.30. The van der Waals surface area contributed by atoms with Gasteiger partial charge in [0, 0.05) is 198 Å². The number of anilines is 6. The van der Waals surface area contributed by atoms with Gasteiger partial charge >= 0.3 is 24.8 Å². The first-order valence-corrected chi connectivity index (χ1v) is 49.8. The Morgan fingerprint density at radius 1 is 0.361 bits per heavy atom. The molecule has 6 aromatic rings. The van der Waals surface area contributed by atoms with Gasteiger partial charge in [0.05, 0.1) is 39.6 Å². The molecule has 6 aromatic carbocycles. The molecule has 1 radical (unpaired) electrons. The standard InChI is InChI=1S/C17H22BrNO2.C17H23NO2.2C16H23BrN2.C15H18BrNO.C9H11N.C8H12O3.CH4.BHNS/c18-14-3-4-16-13(12-14)2-1-9-19(16)15-5-7-17(8-6-15)20-10-11-21-17;1-2-6-16-14(4-1)5-3-11-18(16)15-7-9-17(10-8-15)19-12-13-20-17;2*1-18-14-5-7-15(8-6-14)19-10-2-3-12-11-13(17)4-9-16(12)19;16-12-3-8-15-11(10-12)2-1-9-17(15)13-4-6-14(18)7-5-13;1-2-6-9-8(4-1)5-3-7-10-9;9-7-1-3-8(4-2-7)10-5-6-11-8;;1-2-3/h3-4,12,15H,1-2,5-11H2;1-2,4,6,15H,3,5,7-13H2;2*4,9,11,14-15,18H,2-3,5-8,10H2,1H3;3,8,10,13H,1-2,4-7,9H2;1-2,4,6,10H,3,5,7H2;1-6H2;1H4;3H. The minimum atomic E-state index is -0.367. The van der Waals surface area contributed by atoms with Gasteiger partial charge in [-0.1, -0.05) is 108 Å². The van der Waals surface area contributed by atoms with Crippen molar-refractivity contribution in [2.45, 2.75) is 298 Å². The second kappa shape index (κ2) is 47.0. The van der Waals surface area contributed by atoms with Crippen LogP contribution >= 0.6 is 76.5 Å². The first-order valence-electron chi connectivity index (χ1n) is 46.2. The van der Waals surface area contributed by atoms with E-state index < -0.39 is 0 Å². The number of carbonyl (C=O) groups is 2. The zero-order valence-corrected chi connectivity index (χ0v) is 79.3. The Morgan fingerprint density at radius 2 is 0.648 bits per heavy atom. The first kappa shape index (κ1) is 94.9. The number of rotatable bonds is 7. The number of hydrogen-bond donors (Lipinski definition) is 4. The second-order valence-electron chi connectivity index (χ2n) is 35.7. The van der Waals surface area contributed by atoms with Gasteiger partial charge in [-0.2, -0.15) is 0 Å². The molecule has 122 heavy (non-hydrogen) atoms. The van der Waals surface area contributed by atoms with Crippen molar-refractivity contribution in [3.8, 4) is 0 Å². The Hall–Kier alpha value is -4.73. The molecule has 6 aliphatic carbocycles. The maximum absolute atomic E-state index is 11.4. The first-order chi connectivity index (χ1) is 59.1. The van der Waals surface area contributed by atoms with Crippen molar-refractivity contribution < 1.29 is 38.0 Å². The van der Waals surface area contributed by atoms with Crippen LogP contribution in [0.15, 0.2) is 144 Å². The number of nitrogens with zero attached hydrogens (tertiary/aromatic N) is 6. The fourth-order valence-electron chi connectivity index (χ4n) is 21.8. The number of benzene rings is 6. The van der Waals surface area contributed by atoms with E-state index in [1.807, 2.05) is 0 Å². The van der Waals surface area contributed by atoms with Crippen molar-refractivity contribution in [3.63, 3.8) is 0 Å². The number of nitrogens with one attached hydrogen (secondary N) is 3. The van der Waals surface area contributed by atoms with Crippen molar-refractivity contribution in [2.75, 3.05) is 123 Å². The minimum absolute atomic E-state index is 0. The summed E-state index contributed by atoms with van der Waals surface area (Å²) >= 11 is 17.5. The van der Waals surface area contributed by atoms with Crippen molar-refractivity contribution in [3.05, 3.63) is 173 Å². The summed E-state index contributed by atoms with van der Waals surface area (Å²) in [6, 6.07) is 49.3. The number of aryl methyl sites for hydroxylation is 6. The van der Waals surface area contributed by atoms with Crippen LogP contribution in [0.4, 0.5) is 34.1 Å². The molecule has 3 spiro atoms. The number of carbonyl (C=O) groups excluding carboxylic acids is 2. The summed E-state index contributed by atoms with van der Waals surface area (Å²) in [5.74, 6) is -0.0526. The maximum Gasteiger partial charge on any atom is 0.168 e. The Bertz CT molecular complexity index is 4160. The normalized spacial score (nSPS) is 24.6. The molecule has 3 saturated heterocycles. The predicted molar refractivity (Wildman–Crippen MR) is 518 cm³/mol. The third-order valence-electron chi connectivity index (χ3n) is 28.3. The van der Waals surface area contributed by atoms with E-state index in [4.69, 9.17) is 28.4 Å². The molecule has 15 aliphatic rings. The quantitative estimate of drug-likeness (QED) is 0.0884. The molecule has 3 N–H and O–H groups in total. The zero-order valence-electron chi connectivity index (χ0n) is 72.0. The Labute approximate surface area is 770 Å². The van der Waals surface area contributed by atoms with Gasteiger partial charge in [0.25, 0.3) is 0 Å². The maximum atomic E-state index is 11.4. The number of ether oxygens (including phenoxy) is 6. The molecule has 0 aromatic heterocycles. The van der Waals surface area contributed by atoms with Crippen LogP contribution in [0.25, 0.3) is 0 Å². The van der Waals surface area contributed by atoms with Gasteiger partial charge in [0.1, 0.15) is 11.6 Å². The van der Waals surface area contributed by atoms with Crippen LogP contribution in [0.1, 0.15) is 233 Å². The molecule has 6 saturated carbocycles. The van der Waals surface area contributed by atoms with E-state index in [9.17, 15) is 9.59 Å². The third-order valence-corrected chi connectivity index (χ3v) is 30.2. The van der Waals surface area contributed by atoms with Crippen LogP contribution < -0.4 is 40.4 Å². The number of hydrogen-bond acceptors (Lipinski definition) is 18. The van der Waals surface area contributed by atoms with Gasteiger partial charge in [0.15, 0.2) is 17.4 Å². The van der Waals surface area contributed by atoms with E-state index in [0.29, 0.717) is 55.7 Å². The van der Waals surface area contributed by atoms with Crippen LogP contribution in [0.5, 0.6) is 0 Å². The second-order valence-corrected chi connectivity index (χ2v) is 39.6. The van der Waals surface area contributed by atoms with Crippen molar-refractivity contribution in [1.82, 2.24) is 10.6 Å². The van der Waals surface area contributed by atoms with Gasteiger partial charge in [-0.3, -0.25) is 9.59 Å². The van der Waals surface area contributed by atoms with Crippen molar-refractivity contribution >= 4 is 130 Å². The zero-order chi connectivity index (χ0) is 84.0. The molecule has 9 aliphatic heterocycles. The number of halogens is 4. The molecule has 0 unspecified atom stereocenters. The monoisotopic (exact) mass is 1940 g/mol. The van der Waals surface area contributed by atoms with E-state index in [0.717, 1.165) is 128 Å². The van der Waals surface area contributed by atoms with E-state index in [1.54, 1.807) is 0 Å². The van der Waals surface area contributed by atoms with Gasteiger partial charge in [-0.05, 0) is 299 Å².